The van der Waals surface area contributed by atoms with E-state index in [-0.39, 0.29) is 6.10 Å². The highest BCUT2D eigenvalue weighted by Gasteiger charge is 2.22. The Kier molecular flexibility index (Phi) is 7.66. The van der Waals surface area contributed by atoms with Gasteiger partial charge in [0.25, 0.3) is 0 Å². The molecule has 1 aliphatic rings. The van der Waals surface area contributed by atoms with E-state index in [1.807, 2.05) is 32.9 Å². The van der Waals surface area contributed by atoms with Crippen molar-refractivity contribution in [3.8, 4) is 11.5 Å². The lowest BCUT2D eigenvalue weighted by atomic mass is 10.1. The fraction of sp³-hybridized carbons (Fsp3) is 0.684. The number of nitrogens with zero attached hydrogens (tertiary/aromatic N) is 1. The smallest absolute Gasteiger partial charge is 0.180 e. The third-order valence-corrected chi connectivity index (χ3v) is 4.62. The van der Waals surface area contributed by atoms with Gasteiger partial charge in [-0.05, 0) is 64.4 Å². The van der Waals surface area contributed by atoms with E-state index in [1.54, 1.807) is 0 Å². The Balaban J connectivity index is 1.99. The molecule has 24 heavy (non-hydrogen) atoms. The molecule has 0 radical (unpaired) electrons. The van der Waals surface area contributed by atoms with E-state index in [0.717, 1.165) is 30.9 Å². The number of hydrogen-bond donors (Lipinski definition) is 1. The normalized spacial score (nSPS) is 18.3. The molecule has 0 aliphatic carbocycles. The highest BCUT2D eigenvalue weighted by Crippen LogP contribution is 2.37. The number of ether oxygens (including phenoxy) is 2. The largest absolute Gasteiger partial charge is 0.490 e. The number of likely N-dealkylation sites (N-methyl/N-ethyl adjacent to an activating group) is 1. The van der Waals surface area contributed by atoms with Gasteiger partial charge in [0.2, 0.25) is 0 Å². The molecule has 0 unspecified atom stereocenters. The number of rotatable bonds is 9. The van der Waals surface area contributed by atoms with Gasteiger partial charge in [0, 0.05) is 19.1 Å². The summed E-state index contributed by atoms with van der Waals surface area (Å²) in [4.78, 5) is 2.55. The molecule has 0 spiro atoms. The summed E-state index contributed by atoms with van der Waals surface area (Å²) in [5.41, 5.74) is 1.13. The van der Waals surface area contributed by atoms with Crippen LogP contribution in [0.2, 0.25) is 5.02 Å². The van der Waals surface area contributed by atoms with E-state index in [2.05, 4.69) is 17.1 Å². The molecule has 5 heteroatoms. The molecule has 1 atom stereocenters. The Morgan fingerprint density at radius 2 is 2.12 bits per heavy atom. The van der Waals surface area contributed by atoms with Gasteiger partial charge < -0.3 is 14.8 Å². The lowest BCUT2D eigenvalue weighted by Crippen LogP contribution is -2.37. The number of nitrogens with one attached hydrogen (secondary N) is 1. The zero-order valence-corrected chi connectivity index (χ0v) is 16.2. The van der Waals surface area contributed by atoms with Crippen molar-refractivity contribution in [1.82, 2.24) is 10.2 Å². The molecule has 1 N–H and O–H groups in total. The molecular weight excluding hydrogens is 324 g/mol. The van der Waals surface area contributed by atoms with Crippen molar-refractivity contribution in [2.45, 2.75) is 59.2 Å². The van der Waals surface area contributed by atoms with E-state index in [1.165, 1.54) is 19.4 Å². The standard InChI is InChI=1S/C19H31ClN2O2/c1-5-22-9-7-8-16(22)13-21-12-15-10-17(20)19(24-14(3)4)18(11-15)23-6-2/h10-11,14,16,21H,5-9,12-13H2,1-4H3/t16-/m0/s1. The number of likely N-dealkylation sites (tertiary alicyclic amines) is 1. The quantitative estimate of drug-likeness (QED) is 0.723. The molecule has 136 valence electrons. The second-order valence-corrected chi connectivity index (χ2v) is 6.97. The summed E-state index contributed by atoms with van der Waals surface area (Å²) in [6.07, 6.45) is 2.65. The van der Waals surface area contributed by atoms with Gasteiger partial charge in [-0.15, -0.1) is 0 Å². The van der Waals surface area contributed by atoms with Gasteiger partial charge in [0.05, 0.1) is 17.7 Å². The maximum absolute atomic E-state index is 6.43. The van der Waals surface area contributed by atoms with Gasteiger partial charge in [-0.25, -0.2) is 0 Å². The summed E-state index contributed by atoms with van der Waals surface area (Å²) < 4.78 is 11.5. The monoisotopic (exact) mass is 354 g/mol. The predicted octanol–water partition coefficient (Wildman–Crippen LogP) is 4.10. The fourth-order valence-electron chi connectivity index (χ4n) is 3.26. The molecule has 0 aromatic heterocycles. The topological polar surface area (TPSA) is 33.7 Å². The number of benzene rings is 1. The molecule has 2 rings (SSSR count). The summed E-state index contributed by atoms with van der Waals surface area (Å²) in [5.74, 6) is 1.37. The maximum atomic E-state index is 6.43. The van der Waals surface area contributed by atoms with Gasteiger partial charge in [0.1, 0.15) is 0 Å². The van der Waals surface area contributed by atoms with Crippen LogP contribution in [0.5, 0.6) is 11.5 Å². The lowest BCUT2D eigenvalue weighted by molar-refractivity contribution is 0.224. The first kappa shape index (κ1) is 19.4. The molecule has 0 amide bonds. The second kappa shape index (κ2) is 9.50. The molecule has 1 heterocycles. The van der Waals surface area contributed by atoms with Crippen LogP contribution < -0.4 is 14.8 Å². The van der Waals surface area contributed by atoms with Crippen molar-refractivity contribution in [1.29, 1.82) is 0 Å². The molecular formula is C19H31ClN2O2. The summed E-state index contributed by atoms with van der Waals surface area (Å²) in [6.45, 7) is 12.9. The molecule has 0 saturated carbocycles. The Labute approximate surface area is 151 Å². The molecule has 1 aliphatic heterocycles. The number of halogens is 1. The molecule has 0 bridgehead atoms. The predicted molar refractivity (Wildman–Crippen MR) is 100 cm³/mol. The zero-order chi connectivity index (χ0) is 17.5. The Morgan fingerprint density at radius 1 is 1.33 bits per heavy atom. The first-order chi connectivity index (χ1) is 11.5. The minimum atomic E-state index is 0.0630. The van der Waals surface area contributed by atoms with E-state index >= 15 is 0 Å². The highest BCUT2D eigenvalue weighted by molar-refractivity contribution is 6.32. The first-order valence-corrected chi connectivity index (χ1v) is 9.49. The lowest BCUT2D eigenvalue weighted by Gasteiger charge is -2.23. The highest BCUT2D eigenvalue weighted by atomic mass is 35.5. The SMILES string of the molecule is CCOc1cc(CNC[C@@H]2CCCN2CC)cc(Cl)c1OC(C)C. The fourth-order valence-corrected chi connectivity index (χ4v) is 3.54. The zero-order valence-electron chi connectivity index (χ0n) is 15.4. The van der Waals surface area contributed by atoms with Crippen LogP contribution in [0.15, 0.2) is 12.1 Å². The molecule has 4 nitrogen and oxygen atoms in total. The average Bonchev–Trinajstić information content (AvgIpc) is 2.98. The van der Waals surface area contributed by atoms with E-state index in [9.17, 15) is 0 Å². The second-order valence-electron chi connectivity index (χ2n) is 6.56. The minimum Gasteiger partial charge on any atom is -0.490 e. The van der Waals surface area contributed by atoms with Gasteiger partial charge in [0.15, 0.2) is 11.5 Å². The van der Waals surface area contributed by atoms with Crippen molar-refractivity contribution in [3.63, 3.8) is 0 Å². The van der Waals surface area contributed by atoms with Crippen LogP contribution in [0.3, 0.4) is 0 Å². The van der Waals surface area contributed by atoms with Crippen LogP contribution >= 0.6 is 11.6 Å². The van der Waals surface area contributed by atoms with Crippen molar-refractivity contribution in [3.05, 3.63) is 22.7 Å². The summed E-state index contributed by atoms with van der Waals surface area (Å²) in [5, 5.41) is 4.18. The van der Waals surface area contributed by atoms with Crippen molar-refractivity contribution >= 4 is 11.6 Å². The van der Waals surface area contributed by atoms with Crippen LogP contribution in [0.25, 0.3) is 0 Å². The van der Waals surface area contributed by atoms with E-state index in [0.29, 0.717) is 23.4 Å². The summed E-state index contributed by atoms with van der Waals surface area (Å²) in [6, 6.07) is 4.66. The van der Waals surface area contributed by atoms with Gasteiger partial charge in [-0.1, -0.05) is 18.5 Å². The first-order valence-electron chi connectivity index (χ1n) is 9.11. The van der Waals surface area contributed by atoms with Crippen molar-refractivity contribution < 1.29 is 9.47 Å². The molecule has 1 fully saturated rings. The summed E-state index contributed by atoms with van der Waals surface area (Å²) in [7, 11) is 0. The number of hydrogen-bond acceptors (Lipinski definition) is 4. The van der Waals surface area contributed by atoms with Gasteiger partial charge in [-0.3, -0.25) is 4.90 Å². The van der Waals surface area contributed by atoms with Crippen LogP contribution in [-0.2, 0) is 6.54 Å². The Hall–Kier alpha value is -0.970. The third-order valence-electron chi connectivity index (χ3n) is 4.34. The van der Waals surface area contributed by atoms with Crippen LogP contribution in [0.4, 0.5) is 0 Å². The van der Waals surface area contributed by atoms with Crippen molar-refractivity contribution in [2.75, 3.05) is 26.2 Å². The third kappa shape index (κ3) is 5.27. The average molecular weight is 355 g/mol. The summed E-state index contributed by atoms with van der Waals surface area (Å²) >= 11 is 6.43. The van der Waals surface area contributed by atoms with E-state index < -0.39 is 0 Å². The molecule has 1 aromatic rings. The van der Waals surface area contributed by atoms with Crippen LogP contribution in [0, 0.1) is 0 Å². The van der Waals surface area contributed by atoms with Gasteiger partial charge >= 0.3 is 0 Å². The van der Waals surface area contributed by atoms with Crippen molar-refractivity contribution in [2.24, 2.45) is 0 Å². The molecule has 1 aromatic carbocycles. The van der Waals surface area contributed by atoms with E-state index in [4.69, 9.17) is 21.1 Å². The van der Waals surface area contributed by atoms with Crippen LogP contribution in [0.1, 0.15) is 46.1 Å². The Morgan fingerprint density at radius 3 is 2.79 bits per heavy atom. The van der Waals surface area contributed by atoms with Crippen LogP contribution in [-0.4, -0.2) is 43.3 Å². The van der Waals surface area contributed by atoms with Gasteiger partial charge in [-0.2, -0.15) is 0 Å². The Bertz CT molecular complexity index is 522. The molecule has 1 saturated heterocycles. The maximum Gasteiger partial charge on any atom is 0.180 e. The minimum absolute atomic E-state index is 0.0630.